The summed E-state index contributed by atoms with van der Waals surface area (Å²) in [5, 5.41) is 3.25. The quantitative estimate of drug-likeness (QED) is 0.729. The topological polar surface area (TPSA) is 61.9 Å². The molecular weight excluding hydrogens is 397 g/mol. The van der Waals surface area contributed by atoms with E-state index in [1.807, 2.05) is 0 Å². The van der Waals surface area contributed by atoms with Crippen LogP contribution in [0.15, 0.2) is 42.5 Å². The number of rotatable bonds is 6. The highest BCUT2D eigenvalue weighted by atomic mass is 35.5. The summed E-state index contributed by atoms with van der Waals surface area (Å²) >= 11 is 6.10. The van der Waals surface area contributed by atoms with Gasteiger partial charge in [0.1, 0.15) is 5.82 Å². The van der Waals surface area contributed by atoms with E-state index in [1.165, 1.54) is 19.2 Å². The molecule has 3 rings (SSSR count). The van der Waals surface area contributed by atoms with Crippen LogP contribution in [0.1, 0.15) is 15.9 Å². The summed E-state index contributed by atoms with van der Waals surface area (Å²) in [6, 6.07) is 11.1. The normalized spacial score (nSPS) is 15.1. The van der Waals surface area contributed by atoms with Crippen molar-refractivity contribution in [1.82, 2.24) is 9.80 Å². The summed E-state index contributed by atoms with van der Waals surface area (Å²) in [6.07, 6.45) is 0. The Balaban J connectivity index is 1.47. The zero-order valence-corrected chi connectivity index (χ0v) is 16.9. The maximum atomic E-state index is 13.2. The molecule has 29 heavy (non-hydrogen) atoms. The molecular formula is C21H23ClFN3O3. The van der Waals surface area contributed by atoms with Gasteiger partial charge in [0, 0.05) is 43.4 Å². The number of nitrogens with one attached hydrogen (secondary N) is 1. The maximum absolute atomic E-state index is 13.2. The van der Waals surface area contributed by atoms with Crippen molar-refractivity contribution in [3.05, 3.63) is 64.4 Å². The number of esters is 1. The molecule has 1 aliphatic rings. The lowest BCUT2D eigenvalue weighted by molar-refractivity contribution is -0.117. The molecule has 154 valence electrons. The SMILES string of the molecule is COC(=O)c1cccc(NC(=O)CN2CCN(Cc3ccc(F)cc3Cl)CC2)c1. The van der Waals surface area contributed by atoms with Crippen LogP contribution in [0, 0.1) is 5.82 Å². The van der Waals surface area contributed by atoms with Crippen LogP contribution in [-0.2, 0) is 16.1 Å². The van der Waals surface area contributed by atoms with Crippen molar-refractivity contribution in [1.29, 1.82) is 0 Å². The third-order valence-electron chi connectivity index (χ3n) is 4.81. The second-order valence-electron chi connectivity index (χ2n) is 6.91. The van der Waals surface area contributed by atoms with E-state index in [0.29, 0.717) is 22.8 Å². The van der Waals surface area contributed by atoms with Gasteiger partial charge in [-0.3, -0.25) is 14.6 Å². The van der Waals surface area contributed by atoms with E-state index in [0.717, 1.165) is 31.7 Å². The van der Waals surface area contributed by atoms with Gasteiger partial charge in [-0.2, -0.15) is 0 Å². The van der Waals surface area contributed by atoms with Crippen molar-refractivity contribution in [2.45, 2.75) is 6.54 Å². The van der Waals surface area contributed by atoms with Gasteiger partial charge in [-0.05, 0) is 35.9 Å². The maximum Gasteiger partial charge on any atom is 0.337 e. The summed E-state index contributed by atoms with van der Waals surface area (Å²) in [7, 11) is 1.32. The smallest absolute Gasteiger partial charge is 0.337 e. The molecule has 2 aromatic rings. The molecule has 0 saturated carbocycles. The van der Waals surface area contributed by atoms with Crippen LogP contribution in [0.3, 0.4) is 0 Å². The number of carbonyl (C=O) groups excluding carboxylic acids is 2. The molecule has 1 aliphatic heterocycles. The van der Waals surface area contributed by atoms with Gasteiger partial charge in [0.25, 0.3) is 0 Å². The Morgan fingerprint density at radius 2 is 1.83 bits per heavy atom. The molecule has 1 heterocycles. The van der Waals surface area contributed by atoms with Crippen molar-refractivity contribution < 1.29 is 18.7 Å². The zero-order chi connectivity index (χ0) is 20.8. The Morgan fingerprint density at radius 1 is 1.10 bits per heavy atom. The first-order valence-electron chi connectivity index (χ1n) is 9.31. The largest absolute Gasteiger partial charge is 0.465 e. The predicted octanol–water partition coefficient (Wildman–Crippen LogP) is 3.02. The van der Waals surface area contributed by atoms with Gasteiger partial charge in [-0.1, -0.05) is 23.7 Å². The number of carbonyl (C=O) groups is 2. The Hall–Kier alpha value is -2.48. The number of nitrogens with zero attached hydrogens (tertiary/aromatic N) is 2. The highest BCUT2D eigenvalue weighted by molar-refractivity contribution is 6.31. The van der Waals surface area contributed by atoms with Gasteiger partial charge < -0.3 is 10.1 Å². The number of benzene rings is 2. The highest BCUT2D eigenvalue weighted by Crippen LogP contribution is 2.20. The van der Waals surface area contributed by atoms with E-state index < -0.39 is 5.97 Å². The van der Waals surface area contributed by atoms with Crippen LogP contribution in [0.2, 0.25) is 5.02 Å². The summed E-state index contributed by atoms with van der Waals surface area (Å²) in [5.41, 5.74) is 1.84. The van der Waals surface area contributed by atoms with E-state index >= 15 is 0 Å². The van der Waals surface area contributed by atoms with Gasteiger partial charge in [0.05, 0.1) is 19.2 Å². The fourth-order valence-electron chi connectivity index (χ4n) is 3.24. The minimum absolute atomic E-state index is 0.137. The Labute approximate surface area is 174 Å². The van der Waals surface area contributed by atoms with E-state index in [2.05, 4.69) is 15.1 Å². The molecule has 8 heteroatoms. The van der Waals surface area contributed by atoms with Gasteiger partial charge >= 0.3 is 5.97 Å². The number of amides is 1. The van der Waals surface area contributed by atoms with E-state index in [1.54, 1.807) is 30.3 Å². The molecule has 1 amide bonds. The van der Waals surface area contributed by atoms with Crippen LogP contribution < -0.4 is 5.32 Å². The third-order valence-corrected chi connectivity index (χ3v) is 5.16. The van der Waals surface area contributed by atoms with Gasteiger partial charge in [0.15, 0.2) is 0 Å². The fraction of sp³-hybridized carbons (Fsp3) is 0.333. The van der Waals surface area contributed by atoms with Crippen molar-refractivity contribution in [2.75, 3.05) is 45.2 Å². The molecule has 0 unspecified atom stereocenters. The molecule has 0 aliphatic carbocycles. The van der Waals surface area contributed by atoms with Gasteiger partial charge in [0.2, 0.25) is 5.91 Å². The standard InChI is InChI=1S/C21H23ClFN3O3/c1-29-21(28)15-3-2-4-18(11-15)24-20(27)14-26-9-7-25(8-10-26)13-16-5-6-17(23)12-19(16)22/h2-6,11-12H,7-10,13-14H2,1H3,(H,24,27). The molecule has 6 nitrogen and oxygen atoms in total. The first kappa shape index (κ1) is 21.2. The van der Waals surface area contributed by atoms with Crippen LogP contribution in [-0.4, -0.2) is 61.5 Å². The number of piperazine rings is 1. The molecule has 1 fully saturated rings. The summed E-state index contributed by atoms with van der Waals surface area (Å²) < 4.78 is 17.9. The number of methoxy groups -OCH3 is 1. The summed E-state index contributed by atoms with van der Waals surface area (Å²) in [5.74, 6) is -0.924. The van der Waals surface area contributed by atoms with Crippen LogP contribution in [0.5, 0.6) is 0 Å². The average molecular weight is 420 g/mol. The average Bonchev–Trinajstić information content (AvgIpc) is 2.71. The molecule has 0 spiro atoms. The first-order chi connectivity index (χ1) is 13.9. The predicted molar refractivity (Wildman–Crippen MR) is 110 cm³/mol. The van der Waals surface area contributed by atoms with Crippen LogP contribution in [0.25, 0.3) is 0 Å². The monoisotopic (exact) mass is 419 g/mol. The van der Waals surface area contributed by atoms with Gasteiger partial charge in [-0.15, -0.1) is 0 Å². The second-order valence-corrected chi connectivity index (χ2v) is 7.32. The Bertz CT molecular complexity index is 885. The fourth-order valence-corrected chi connectivity index (χ4v) is 3.47. The third kappa shape index (κ3) is 6.00. The minimum atomic E-state index is -0.446. The highest BCUT2D eigenvalue weighted by Gasteiger charge is 2.20. The number of hydrogen-bond donors (Lipinski definition) is 1. The molecule has 0 radical (unpaired) electrons. The summed E-state index contributed by atoms with van der Waals surface area (Å²) in [6.45, 7) is 3.99. The van der Waals surface area contributed by atoms with Crippen LogP contribution >= 0.6 is 11.6 Å². The number of halogens is 2. The Kier molecular flexibility index (Phi) is 7.19. The molecule has 2 aromatic carbocycles. The number of anilines is 1. The number of hydrogen-bond acceptors (Lipinski definition) is 5. The van der Waals surface area contributed by atoms with Crippen molar-refractivity contribution in [3.63, 3.8) is 0 Å². The Morgan fingerprint density at radius 3 is 2.52 bits per heavy atom. The lowest BCUT2D eigenvalue weighted by Gasteiger charge is -2.34. The van der Waals surface area contributed by atoms with E-state index in [4.69, 9.17) is 16.3 Å². The lowest BCUT2D eigenvalue weighted by Crippen LogP contribution is -2.48. The molecule has 0 bridgehead atoms. The van der Waals surface area contributed by atoms with Crippen molar-refractivity contribution in [2.24, 2.45) is 0 Å². The molecule has 0 aromatic heterocycles. The first-order valence-corrected chi connectivity index (χ1v) is 9.69. The minimum Gasteiger partial charge on any atom is -0.465 e. The zero-order valence-electron chi connectivity index (χ0n) is 16.2. The molecule has 1 N–H and O–H groups in total. The lowest BCUT2D eigenvalue weighted by atomic mass is 10.2. The molecule has 1 saturated heterocycles. The van der Waals surface area contributed by atoms with Crippen molar-refractivity contribution >= 4 is 29.2 Å². The van der Waals surface area contributed by atoms with Crippen molar-refractivity contribution in [3.8, 4) is 0 Å². The summed E-state index contributed by atoms with van der Waals surface area (Å²) in [4.78, 5) is 28.2. The number of ether oxygens (including phenoxy) is 1. The van der Waals surface area contributed by atoms with E-state index in [9.17, 15) is 14.0 Å². The molecule has 0 atom stereocenters. The van der Waals surface area contributed by atoms with Gasteiger partial charge in [-0.25, -0.2) is 9.18 Å². The van der Waals surface area contributed by atoms with E-state index in [-0.39, 0.29) is 18.3 Å². The van der Waals surface area contributed by atoms with Crippen LogP contribution in [0.4, 0.5) is 10.1 Å². The second kappa shape index (κ2) is 9.82.